The van der Waals surface area contributed by atoms with Crippen LogP contribution in [0.5, 0.6) is 0 Å². The van der Waals surface area contributed by atoms with Crippen molar-refractivity contribution in [2.45, 2.75) is 70.3 Å². The summed E-state index contributed by atoms with van der Waals surface area (Å²) in [6, 6.07) is 3.62. The number of ether oxygens (including phenoxy) is 1. The number of amides is 1. The molecule has 1 saturated carbocycles. The molecule has 37 heavy (non-hydrogen) atoms. The van der Waals surface area contributed by atoms with E-state index in [4.69, 9.17) is 26.4 Å². The van der Waals surface area contributed by atoms with Crippen LogP contribution in [0, 0.1) is 11.5 Å². The summed E-state index contributed by atoms with van der Waals surface area (Å²) in [5.74, 6) is 0.477. The number of rotatable bonds is 13. The van der Waals surface area contributed by atoms with Gasteiger partial charge in [-0.3, -0.25) is 24.8 Å². The summed E-state index contributed by atoms with van der Waals surface area (Å²) < 4.78 is 5.41. The monoisotopic (exact) mass is 533 g/mol. The van der Waals surface area contributed by atoms with Gasteiger partial charge in [0, 0.05) is 44.5 Å². The summed E-state index contributed by atoms with van der Waals surface area (Å²) in [6.45, 7) is 5.32. The number of guanidine groups is 1. The highest BCUT2D eigenvalue weighted by Crippen LogP contribution is 2.24. The second-order valence-electron chi connectivity index (χ2n) is 9.42. The van der Waals surface area contributed by atoms with E-state index in [1.807, 2.05) is 6.19 Å². The van der Waals surface area contributed by atoms with E-state index in [2.05, 4.69) is 25.5 Å². The van der Waals surface area contributed by atoms with Crippen LogP contribution >= 0.6 is 11.6 Å². The van der Waals surface area contributed by atoms with Crippen molar-refractivity contribution in [3.05, 3.63) is 23.5 Å². The molecule has 2 fully saturated rings. The Morgan fingerprint density at radius 1 is 1.24 bits per heavy atom. The van der Waals surface area contributed by atoms with Crippen molar-refractivity contribution in [3.63, 3.8) is 0 Å². The molecule has 0 aromatic carbocycles. The van der Waals surface area contributed by atoms with E-state index in [-0.39, 0.29) is 11.9 Å². The average Bonchev–Trinajstić information content (AvgIpc) is 2.91. The van der Waals surface area contributed by atoms with Crippen molar-refractivity contribution < 1.29 is 14.4 Å². The Hall–Kier alpha value is -2.45. The molecule has 11 heteroatoms. The van der Waals surface area contributed by atoms with Gasteiger partial charge in [-0.15, -0.1) is 0 Å². The summed E-state index contributed by atoms with van der Waals surface area (Å²) in [4.78, 5) is 29.8. The summed E-state index contributed by atoms with van der Waals surface area (Å²) in [6.07, 6.45) is 13.2. The van der Waals surface area contributed by atoms with E-state index in [1.165, 1.54) is 6.42 Å². The lowest BCUT2D eigenvalue weighted by Gasteiger charge is -2.34. The number of hydroxylamine groups is 2. The first-order valence-electron chi connectivity index (χ1n) is 13.5. The minimum absolute atomic E-state index is 0.104. The van der Waals surface area contributed by atoms with E-state index in [0.29, 0.717) is 36.4 Å². The van der Waals surface area contributed by atoms with E-state index in [9.17, 15) is 4.79 Å². The van der Waals surface area contributed by atoms with Crippen molar-refractivity contribution in [2.24, 2.45) is 4.99 Å². The van der Waals surface area contributed by atoms with Crippen LogP contribution in [0.1, 0.15) is 64.2 Å². The maximum atomic E-state index is 13.1. The maximum absolute atomic E-state index is 13.1. The van der Waals surface area contributed by atoms with Gasteiger partial charge in [0.15, 0.2) is 6.19 Å². The van der Waals surface area contributed by atoms with Crippen molar-refractivity contribution in [1.29, 1.82) is 5.26 Å². The molecule has 1 saturated heterocycles. The van der Waals surface area contributed by atoms with Crippen LogP contribution in [0.3, 0.4) is 0 Å². The lowest BCUT2D eigenvalue weighted by atomic mass is 9.95. The minimum Gasteiger partial charge on any atom is -0.379 e. The van der Waals surface area contributed by atoms with Crippen molar-refractivity contribution in [2.75, 3.05) is 51.3 Å². The average molecular weight is 534 g/mol. The number of carbonyl (C=O) groups excluding carboxylic acids is 1. The third kappa shape index (κ3) is 11.2. The number of halogens is 1. The van der Waals surface area contributed by atoms with Gasteiger partial charge >= 0.3 is 0 Å². The number of morpholine rings is 1. The van der Waals surface area contributed by atoms with E-state index >= 15 is 0 Å². The number of anilines is 1. The SMILES string of the molecule is N#CNC(=NCCCCCCC(=O)N(OCCN1CCOCC1)C1CCCCC1)Nc1ccnc(Cl)c1. The van der Waals surface area contributed by atoms with Crippen LogP contribution in [0.2, 0.25) is 5.15 Å². The van der Waals surface area contributed by atoms with Crippen molar-refractivity contribution in [3.8, 4) is 6.19 Å². The quantitative estimate of drug-likeness (QED) is 0.0745. The Morgan fingerprint density at radius 3 is 2.78 bits per heavy atom. The minimum atomic E-state index is 0.104. The van der Waals surface area contributed by atoms with Gasteiger partial charge in [-0.2, -0.15) is 5.26 Å². The van der Waals surface area contributed by atoms with E-state index in [1.54, 1.807) is 23.4 Å². The van der Waals surface area contributed by atoms with Gasteiger partial charge in [0.1, 0.15) is 5.15 Å². The molecule has 2 aliphatic rings. The van der Waals surface area contributed by atoms with Gasteiger partial charge in [-0.05, 0) is 37.8 Å². The molecule has 1 aromatic rings. The molecule has 1 aliphatic heterocycles. The molecule has 0 unspecified atom stereocenters. The number of nitrogens with zero attached hydrogens (tertiary/aromatic N) is 5. The topological polar surface area (TPSA) is 115 Å². The summed E-state index contributed by atoms with van der Waals surface area (Å²) in [5.41, 5.74) is 0.703. The summed E-state index contributed by atoms with van der Waals surface area (Å²) in [5, 5.41) is 16.6. The van der Waals surface area contributed by atoms with Gasteiger partial charge in [-0.25, -0.2) is 10.0 Å². The van der Waals surface area contributed by atoms with E-state index in [0.717, 1.165) is 84.2 Å². The third-order valence-corrected chi connectivity index (χ3v) is 6.83. The number of carbonyl (C=O) groups is 1. The largest absolute Gasteiger partial charge is 0.379 e. The molecule has 0 atom stereocenters. The third-order valence-electron chi connectivity index (χ3n) is 6.63. The number of aliphatic imine (C=N–C) groups is 1. The number of hydrogen-bond acceptors (Lipinski definition) is 7. The number of aromatic nitrogens is 1. The fourth-order valence-corrected chi connectivity index (χ4v) is 4.79. The summed E-state index contributed by atoms with van der Waals surface area (Å²) >= 11 is 5.91. The number of nitriles is 1. The Labute approximate surface area is 225 Å². The fraction of sp³-hybridized carbons (Fsp3) is 0.692. The number of nitrogens with one attached hydrogen (secondary N) is 2. The van der Waals surface area contributed by atoms with Crippen LogP contribution in [0.4, 0.5) is 5.69 Å². The second-order valence-corrected chi connectivity index (χ2v) is 9.81. The predicted molar refractivity (Wildman–Crippen MR) is 144 cm³/mol. The zero-order chi connectivity index (χ0) is 26.1. The maximum Gasteiger partial charge on any atom is 0.246 e. The molecule has 0 radical (unpaired) electrons. The highest BCUT2D eigenvalue weighted by Gasteiger charge is 2.26. The molecule has 204 valence electrons. The predicted octanol–water partition coefficient (Wildman–Crippen LogP) is 3.95. The summed E-state index contributed by atoms with van der Waals surface area (Å²) in [7, 11) is 0. The first kappa shape index (κ1) is 29.1. The molecule has 10 nitrogen and oxygen atoms in total. The van der Waals surface area contributed by atoms with Gasteiger partial charge < -0.3 is 10.1 Å². The van der Waals surface area contributed by atoms with Crippen LogP contribution in [-0.4, -0.2) is 78.9 Å². The zero-order valence-corrected chi connectivity index (χ0v) is 22.4. The Bertz CT molecular complexity index is 883. The normalized spacial score (nSPS) is 17.2. The molecular weight excluding hydrogens is 494 g/mol. The molecular formula is C26H40ClN7O3. The molecule has 1 aliphatic carbocycles. The van der Waals surface area contributed by atoms with Gasteiger partial charge in [0.05, 0.1) is 25.9 Å². The van der Waals surface area contributed by atoms with Crippen LogP contribution in [0.25, 0.3) is 0 Å². The fourth-order valence-electron chi connectivity index (χ4n) is 4.61. The van der Waals surface area contributed by atoms with Gasteiger partial charge in [0.25, 0.3) is 0 Å². The molecule has 1 aromatic heterocycles. The highest BCUT2D eigenvalue weighted by molar-refractivity contribution is 6.29. The zero-order valence-electron chi connectivity index (χ0n) is 21.7. The van der Waals surface area contributed by atoms with Crippen molar-refractivity contribution >= 4 is 29.2 Å². The Kier molecular flexibility index (Phi) is 13.5. The standard InChI is InChI=1S/C26H40ClN7O3/c27-24-20-22(11-13-29-24)32-26(31-21-28)30-12-7-2-1-6-10-25(35)34(23-8-4-3-5-9-23)37-19-16-33-14-17-36-18-15-33/h11,13,20,23H,1-10,12,14-19H2,(H2,29,30,31,32). The lowest BCUT2D eigenvalue weighted by Crippen LogP contribution is -2.44. The van der Waals surface area contributed by atoms with E-state index < -0.39 is 0 Å². The molecule has 2 heterocycles. The smallest absolute Gasteiger partial charge is 0.246 e. The first-order chi connectivity index (χ1) is 18.2. The van der Waals surface area contributed by atoms with Crippen LogP contribution < -0.4 is 10.6 Å². The molecule has 1 amide bonds. The molecule has 0 spiro atoms. The second kappa shape index (κ2) is 17.1. The number of unbranched alkanes of at least 4 members (excludes halogenated alkanes) is 3. The Balaban J connectivity index is 1.36. The lowest BCUT2D eigenvalue weighted by molar-refractivity contribution is -0.205. The highest BCUT2D eigenvalue weighted by atomic mass is 35.5. The first-order valence-corrected chi connectivity index (χ1v) is 13.9. The molecule has 2 N–H and O–H groups in total. The van der Waals surface area contributed by atoms with Crippen molar-refractivity contribution in [1.82, 2.24) is 20.3 Å². The number of pyridine rings is 1. The molecule has 3 rings (SSSR count). The molecule has 0 bridgehead atoms. The van der Waals surface area contributed by atoms with Gasteiger partial charge in [0.2, 0.25) is 11.9 Å². The Morgan fingerprint density at radius 2 is 2.03 bits per heavy atom. The van der Waals surface area contributed by atoms with Crippen LogP contribution in [0.15, 0.2) is 23.3 Å². The number of hydrogen-bond donors (Lipinski definition) is 2. The van der Waals surface area contributed by atoms with Gasteiger partial charge in [-0.1, -0.05) is 43.7 Å². The van der Waals surface area contributed by atoms with Crippen LogP contribution in [-0.2, 0) is 14.4 Å².